The van der Waals surface area contributed by atoms with E-state index >= 15 is 0 Å². The molecule has 2 aromatic rings. The number of amides is 1. The molecule has 1 amide bonds. The van der Waals surface area contributed by atoms with Crippen LogP contribution in [-0.4, -0.2) is 22.4 Å². The predicted octanol–water partition coefficient (Wildman–Crippen LogP) is 2.49. The summed E-state index contributed by atoms with van der Waals surface area (Å²) in [5.41, 5.74) is 2.08. The van der Waals surface area contributed by atoms with Gasteiger partial charge in [0.25, 0.3) is 0 Å². The molecule has 0 radical (unpaired) electrons. The van der Waals surface area contributed by atoms with Crippen molar-refractivity contribution in [3.63, 3.8) is 0 Å². The second-order valence-corrected chi connectivity index (χ2v) is 4.50. The van der Waals surface area contributed by atoms with Crippen LogP contribution in [0, 0.1) is 0 Å². The fourth-order valence-electron chi connectivity index (χ4n) is 2.36. The van der Waals surface area contributed by atoms with Crippen molar-refractivity contribution in [2.75, 3.05) is 11.4 Å². The summed E-state index contributed by atoms with van der Waals surface area (Å²) < 4.78 is 37.7. The van der Waals surface area contributed by atoms with E-state index in [-0.39, 0.29) is 11.4 Å². The first-order chi connectivity index (χ1) is 8.86. The lowest BCUT2D eigenvalue weighted by atomic mass is 10.1. The lowest BCUT2D eigenvalue weighted by Crippen LogP contribution is -2.25. The van der Waals surface area contributed by atoms with E-state index in [9.17, 15) is 18.0 Å². The lowest BCUT2D eigenvalue weighted by Gasteiger charge is -2.14. The number of H-pyrrole nitrogens is 1. The van der Waals surface area contributed by atoms with Gasteiger partial charge in [0.2, 0.25) is 11.7 Å². The molecule has 1 aliphatic heterocycles. The van der Waals surface area contributed by atoms with E-state index in [0.717, 1.165) is 5.56 Å². The third-order valence-electron chi connectivity index (χ3n) is 3.23. The zero-order chi connectivity index (χ0) is 13.8. The Hall–Kier alpha value is -2.05. The van der Waals surface area contributed by atoms with Crippen molar-refractivity contribution in [1.82, 2.24) is 9.97 Å². The number of hydrogen-bond donors (Lipinski definition) is 1. The van der Waals surface area contributed by atoms with Gasteiger partial charge in [0.05, 0.1) is 11.0 Å². The topological polar surface area (TPSA) is 49.0 Å². The van der Waals surface area contributed by atoms with Crippen molar-refractivity contribution in [1.29, 1.82) is 0 Å². The number of carbonyl (C=O) groups excluding carboxylic acids is 1. The van der Waals surface area contributed by atoms with Gasteiger partial charge in [-0.1, -0.05) is 0 Å². The minimum absolute atomic E-state index is 0.121. The lowest BCUT2D eigenvalue weighted by molar-refractivity contribution is -0.144. The van der Waals surface area contributed by atoms with Crippen LogP contribution in [0.3, 0.4) is 0 Å². The highest BCUT2D eigenvalue weighted by Gasteiger charge is 2.35. The van der Waals surface area contributed by atoms with Gasteiger partial charge < -0.3 is 9.88 Å². The summed E-state index contributed by atoms with van der Waals surface area (Å²) in [6.45, 7) is 1.99. The van der Waals surface area contributed by atoms with Crippen molar-refractivity contribution in [2.24, 2.45) is 0 Å². The largest absolute Gasteiger partial charge is 0.449 e. The molecular formula is C12H10F3N3O. The maximum atomic E-state index is 12.6. The van der Waals surface area contributed by atoms with Gasteiger partial charge in [-0.25, -0.2) is 4.98 Å². The van der Waals surface area contributed by atoms with Gasteiger partial charge in [0.1, 0.15) is 0 Å². The molecule has 0 unspecified atom stereocenters. The summed E-state index contributed by atoms with van der Waals surface area (Å²) in [4.78, 5) is 18.8. The fourth-order valence-corrected chi connectivity index (χ4v) is 2.36. The molecule has 19 heavy (non-hydrogen) atoms. The molecule has 2 heterocycles. The molecule has 1 aromatic heterocycles. The molecule has 0 bridgehead atoms. The molecule has 0 saturated heterocycles. The Labute approximate surface area is 106 Å². The quantitative estimate of drug-likeness (QED) is 0.798. The Bertz CT molecular complexity index is 675. The molecule has 0 aliphatic carbocycles. The third-order valence-corrected chi connectivity index (χ3v) is 3.23. The molecule has 0 atom stereocenters. The van der Waals surface area contributed by atoms with E-state index < -0.39 is 12.0 Å². The number of carbonyl (C=O) groups is 1. The van der Waals surface area contributed by atoms with Crippen molar-refractivity contribution in [2.45, 2.75) is 19.5 Å². The SMILES string of the molecule is CC(=O)N1CCc2cc3[nH]c(C(F)(F)F)nc3cc21. The third kappa shape index (κ3) is 1.85. The number of aromatic nitrogens is 2. The molecule has 0 spiro atoms. The van der Waals surface area contributed by atoms with Crippen molar-refractivity contribution >= 4 is 22.6 Å². The van der Waals surface area contributed by atoms with E-state index in [1.54, 1.807) is 11.0 Å². The smallest absolute Gasteiger partial charge is 0.334 e. The van der Waals surface area contributed by atoms with Crippen LogP contribution < -0.4 is 4.90 Å². The van der Waals surface area contributed by atoms with Crippen molar-refractivity contribution < 1.29 is 18.0 Å². The van der Waals surface area contributed by atoms with Crippen LogP contribution in [0.1, 0.15) is 18.3 Å². The standard InChI is InChI=1S/C12H10F3N3O/c1-6(19)18-3-2-7-4-8-9(5-10(7)18)17-11(16-8)12(13,14)15/h4-5H,2-3H2,1H3,(H,16,17). The van der Waals surface area contributed by atoms with Gasteiger partial charge in [-0.05, 0) is 24.1 Å². The number of benzene rings is 1. The Kier molecular flexibility index (Phi) is 2.35. The van der Waals surface area contributed by atoms with E-state index in [1.807, 2.05) is 0 Å². The number of imidazole rings is 1. The molecule has 0 saturated carbocycles. The summed E-state index contributed by atoms with van der Waals surface area (Å²) >= 11 is 0. The van der Waals surface area contributed by atoms with E-state index in [2.05, 4.69) is 9.97 Å². The number of halogens is 3. The van der Waals surface area contributed by atoms with Gasteiger partial charge >= 0.3 is 6.18 Å². The summed E-state index contributed by atoms with van der Waals surface area (Å²) in [5.74, 6) is -1.13. The maximum absolute atomic E-state index is 12.6. The average molecular weight is 269 g/mol. The van der Waals surface area contributed by atoms with Crippen LogP contribution in [0.2, 0.25) is 0 Å². The maximum Gasteiger partial charge on any atom is 0.449 e. The molecule has 1 aliphatic rings. The zero-order valence-corrected chi connectivity index (χ0v) is 10.0. The number of alkyl halides is 3. The van der Waals surface area contributed by atoms with Gasteiger partial charge in [-0.15, -0.1) is 0 Å². The van der Waals surface area contributed by atoms with Crippen molar-refractivity contribution in [3.8, 4) is 0 Å². The molecule has 0 fully saturated rings. The number of rotatable bonds is 0. The molecular weight excluding hydrogens is 259 g/mol. The second-order valence-electron chi connectivity index (χ2n) is 4.50. The Morgan fingerprint density at radius 1 is 1.42 bits per heavy atom. The Morgan fingerprint density at radius 2 is 2.16 bits per heavy atom. The second kappa shape index (κ2) is 3.72. The highest BCUT2D eigenvalue weighted by molar-refractivity contribution is 5.96. The molecule has 100 valence electrons. The van der Waals surface area contributed by atoms with Crippen LogP contribution in [0.4, 0.5) is 18.9 Å². The van der Waals surface area contributed by atoms with E-state index in [4.69, 9.17) is 0 Å². The fraction of sp³-hybridized carbons (Fsp3) is 0.333. The van der Waals surface area contributed by atoms with Gasteiger partial charge in [0.15, 0.2) is 0 Å². The number of hydrogen-bond acceptors (Lipinski definition) is 2. The van der Waals surface area contributed by atoms with Crippen LogP contribution in [0.25, 0.3) is 11.0 Å². The van der Waals surface area contributed by atoms with E-state index in [0.29, 0.717) is 24.2 Å². The van der Waals surface area contributed by atoms with Gasteiger partial charge in [0, 0.05) is 19.2 Å². The van der Waals surface area contributed by atoms with Gasteiger partial charge in [-0.3, -0.25) is 4.79 Å². The minimum atomic E-state index is -4.50. The molecule has 7 heteroatoms. The summed E-state index contributed by atoms with van der Waals surface area (Å²) in [6.07, 6.45) is -3.85. The van der Waals surface area contributed by atoms with Crippen LogP contribution in [-0.2, 0) is 17.4 Å². The van der Waals surface area contributed by atoms with Crippen molar-refractivity contribution in [3.05, 3.63) is 23.5 Å². The van der Waals surface area contributed by atoms with E-state index in [1.165, 1.54) is 13.0 Å². The number of nitrogens with zero attached hydrogens (tertiary/aromatic N) is 2. The molecule has 4 nitrogen and oxygen atoms in total. The zero-order valence-electron chi connectivity index (χ0n) is 10.0. The number of fused-ring (bicyclic) bond motifs is 2. The normalized spacial score (nSPS) is 15.1. The van der Waals surface area contributed by atoms with Gasteiger partial charge in [-0.2, -0.15) is 13.2 Å². The van der Waals surface area contributed by atoms with Crippen LogP contribution in [0.15, 0.2) is 12.1 Å². The number of anilines is 1. The molecule has 3 rings (SSSR count). The summed E-state index contributed by atoms with van der Waals surface area (Å²) in [5, 5.41) is 0. The summed E-state index contributed by atoms with van der Waals surface area (Å²) in [6, 6.07) is 3.17. The number of aromatic amines is 1. The highest BCUT2D eigenvalue weighted by Crippen LogP contribution is 2.34. The Morgan fingerprint density at radius 3 is 2.79 bits per heavy atom. The molecule has 1 N–H and O–H groups in total. The van der Waals surface area contributed by atoms with Crippen LogP contribution >= 0.6 is 0 Å². The Balaban J connectivity index is 2.15. The monoisotopic (exact) mass is 269 g/mol. The average Bonchev–Trinajstić information content (AvgIpc) is 2.86. The summed E-state index contributed by atoms with van der Waals surface area (Å²) in [7, 11) is 0. The first-order valence-corrected chi connectivity index (χ1v) is 5.74. The number of nitrogens with one attached hydrogen (secondary N) is 1. The molecule has 1 aromatic carbocycles. The first kappa shape index (κ1) is 12.0. The van der Waals surface area contributed by atoms with Crippen LogP contribution in [0.5, 0.6) is 0 Å². The predicted molar refractivity (Wildman–Crippen MR) is 62.8 cm³/mol. The highest BCUT2D eigenvalue weighted by atomic mass is 19.4. The first-order valence-electron chi connectivity index (χ1n) is 5.74. The minimum Gasteiger partial charge on any atom is -0.334 e.